The number of carbonyl (C=O) groups excluding carboxylic acids is 1. The first-order valence-electron chi connectivity index (χ1n) is 9.80. The molecule has 6 heteroatoms. The number of fused-ring (bicyclic) bond motifs is 2. The van der Waals surface area contributed by atoms with Gasteiger partial charge in [-0.1, -0.05) is 35.9 Å². The number of anilines is 1. The molecule has 2 aromatic carbocycles. The molecule has 29 heavy (non-hydrogen) atoms. The molecular weight excluding hydrogens is 391 g/mol. The highest BCUT2D eigenvalue weighted by Gasteiger charge is 2.48. The number of amides is 1. The number of methoxy groups -OCH3 is 1. The molecule has 1 fully saturated rings. The Morgan fingerprint density at radius 2 is 1.90 bits per heavy atom. The fraction of sp³-hybridized carbons (Fsp3) is 0.348. The zero-order valence-electron chi connectivity index (χ0n) is 16.4. The van der Waals surface area contributed by atoms with Crippen molar-refractivity contribution in [2.75, 3.05) is 12.4 Å². The Bertz CT molecular complexity index is 931. The third kappa shape index (κ3) is 3.97. The second-order valence-corrected chi connectivity index (χ2v) is 8.21. The van der Waals surface area contributed by atoms with Gasteiger partial charge in [-0.25, -0.2) is 4.39 Å². The molecule has 0 spiro atoms. The number of rotatable bonds is 6. The highest BCUT2D eigenvalue weighted by molar-refractivity contribution is 6.30. The first-order chi connectivity index (χ1) is 14.0. The molecule has 2 aromatic rings. The minimum atomic E-state index is -0.369. The summed E-state index contributed by atoms with van der Waals surface area (Å²) in [4.78, 5) is 13.2. The third-order valence-corrected chi connectivity index (χ3v) is 6.22. The molecule has 2 bridgehead atoms. The van der Waals surface area contributed by atoms with Gasteiger partial charge in [0.25, 0.3) is 0 Å². The Morgan fingerprint density at radius 1 is 1.17 bits per heavy atom. The molecule has 1 amide bonds. The van der Waals surface area contributed by atoms with Crippen LogP contribution in [0.1, 0.15) is 24.9 Å². The summed E-state index contributed by atoms with van der Waals surface area (Å²) in [5.74, 6) is 0.479. The van der Waals surface area contributed by atoms with E-state index in [1.807, 2.05) is 31.2 Å². The number of carbonyl (C=O) groups is 1. The van der Waals surface area contributed by atoms with Gasteiger partial charge >= 0.3 is 0 Å². The van der Waals surface area contributed by atoms with E-state index in [1.165, 1.54) is 12.1 Å². The number of nitrogens with one attached hydrogen (secondary N) is 2. The largest absolute Gasteiger partial charge is 0.497 e. The van der Waals surface area contributed by atoms with Crippen LogP contribution in [0.25, 0.3) is 0 Å². The zero-order valence-corrected chi connectivity index (χ0v) is 17.1. The normalized spacial score (nSPS) is 25.7. The molecule has 4 nitrogen and oxygen atoms in total. The van der Waals surface area contributed by atoms with Crippen molar-refractivity contribution in [2.24, 2.45) is 17.8 Å². The van der Waals surface area contributed by atoms with Crippen molar-refractivity contribution in [3.63, 3.8) is 0 Å². The van der Waals surface area contributed by atoms with E-state index in [9.17, 15) is 9.18 Å². The van der Waals surface area contributed by atoms with Crippen molar-refractivity contribution in [2.45, 2.75) is 25.4 Å². The summed E-state index contributed by atoms with van der Waals surface area (Å²) in [7, 11) is 1.62. The molecule has 0 aromatic heterocycles. The summed E-state index contributed by atoms with van der Waals surface area (Å²) in [6.07, 6.45) is 5.13. The molecule has 0 saturated heterocycles. The SMILES string of the molecule is COc1ccc([C@@H](C)NC(=O)[C@H]2[C@@H](Nc3cc(Cl)ccc3F)[C@H]3C=C[C@H]2C3)cc1. The lowest BCUT2D eigenvalue weighted by Gasteiger charge is -2.30. The predicted octanol–water partition coefficient (Wildman–Crippen LogP) is 4.97. The number of hydrogen-bond donors (Lipinski definition) is 2. The van der Waals surface area contributed by atoms with E-state index in [-0.39, 0.29) is 41.6 Å². The van der Waals surface area contributed by atoms with Gasteiger partial charge in [0.2, 0.25) is 5.91 Å². The van der Waals surface area contributed by atoms with Gasteiger partial charge in [-0.15, -0.1) is 0 Å². The molecule has 2 aliphatic rings. The molecule has 2 N–H and O–H groups in total. The average Bonchev–Trinajstić information content (AvgIpc) is 3.32. The standard InChI is InChI=1S/C23H24ClFN2O2/c1-13(14-5-8-18(29-2)9-6-14)26-23(28)21-15-3-4-16(11-15)22(21)27-20-12-17(24)7-10-19(20)25/h3-10,12-13,15-16,21-22,27H,11H2,1-2H3,(H,26,28)/t13-,15+,16+,21-,22+/m1/s1. The molecule has 0 aliphatic heterocycles. The van der Waals surface area contributed by atoms with Gasteiger partial charge in [0, 0.05) is 11.1 Å². The van der Waals surface area contributed by atoms with E-state index in [4.69, 9.17) is 16.3 Å². The van der Waals surface area contributed by atoms with Gasteiger partial charge in [0.15, 0.2) is 0 Å². The van der Waals surface area contributed by atoms with Crippen molar-refractivity contribution in [3.05, 3.63) is 71.0 Å². The van der Waals surface area contributed by atoms with Gasteiger partial charge in [-0.05, 0) is 61.1 Å². The van der Waals surface area contributed by atoms with E-state index < -0.39 is 0 Å². The first kappa shape index (κ1) is 19.8. The molecule has 5 atom stereocenters. The Morgan fingerprint density at radius 3 is 2.62 bits per heavy atom. The fourth-order valence-corrected chi connectivity index (χ4v) is 4.62. The summed E-state index contributed by atoms with van der Waals surface area (Å²) >= 11 is 6.03. The maximum absolute atomic E-state index is 14.2. The summed E-state index contributed by atoms with van der Waals surface area (Å²) < 4.78 is 19.4. The molecular formula is C23H24ClFN2O2. The van der Waals surface area contributed by atoms with Crippen LogP contribution in [0.3, 0.4) is 0 Å². The minimum absolute atomic E-state index is 0.0231. The minimum Gasteiger partial charge on any atom is -0.497 e. The van der Waals surface area contributed by atoms with Crippen LogP contribution >= 0.6 is 11.6 Å². The monoisotopic (exact) mass is 414 g/mol. The van der Waals surface area contributed by atoms with Crippen LogP contribution in [0.15, 0.2) is 54.6 Å². The first-order valence-corrected chi connectivity index (χ1v) is 10.2. The number of halogens is 2. The topological polar surface area (TPSA) is 50.4 Å². The van der Waals surface area contributed by atoms with Crippen molar-refractivity contribution >= 4 is 23.2 Å². The fourth-order valence-electron chi connectivity index (χ4n) is 4.45. The molecule has 0 heterocycles. The van der Waals surface area contributed by atoms with Crippen LogP contribution in [-0.2, 0) is 4.79 Å². The highest BCUT2D eigenvalue weighted by Crippen LogP contribution is 2.45. The quantitative estimate of drug-likeness (QED) is 0.656. The predicted molar refractivity (Wildman–Crippen MR) is 113 cm³/mol. The van der Waals surface area contributed by atoms with Crippen LogP contribution in [0, 0.1) is 23.6 Å². The third-order valence-electron chi connectivity index (χ3n) is 5.99. The lowest BCUT2D eigenvalue weighted by atomic mass is 9.87. The van der Waals surface area contributed by atoms with Crippen molar-refractivity contribution in [3.8, 4) is 5.75 Å². The molecule has 1 saturated carbocycles. The maximum Gasteiger partial charge on any atom is 0.226 e. The number of hydrogen-bond acceptors (Lipinski definition) is 3. The Kier molecular flexibility index (Phi) is 5.50. The van der Waals surface area contributed by atoms with E-state index in [1.54, 1.807) is 13.2 Å². The van der Waals surface area contributed by atoms with Gasteiger partial charge < -0.3 is 15.4 Å². The van der Waals surface area contributed by atoms with E-state index in [0.29, 0.717) is 10.7 Å². The van der Waals surface area contributed by atoms with E-state index >= 15 is 0 Å². The Hall–Kier alpha value is -2.53. The van der Waals surface area contributed by atoms with Gasteiger partial charge in [-0.3, -0.25) is 4.79 Å². The highest BCUT2D eigenvalue weighted by atomic mass is 35.5. The lowest BCUT2D eigenvalue weighted by molar-refractivity contribution is -0.126. The maximum atomic E-state index is 14.2. The van der Waals surface area contributed by atoms with E-state index in [2.05, 4.69) is 22.8 Å². The molecule has 152 valence electrons. The average molecular weight is 415 g/mol. The molecule has 2 aliphatic carbocycles. The second kappa shape index (κ2) is 8.07. The number of benzene rings is 2. The summed E-state index contributed by atoms with van der Waals surface area (Å²) in [5.41, 5.74) is 1.34. The second-order valence-electron chi connectivity index (χ2n) is 7.77. The Labute approximate surface area is 175 Å². The number of allylic oxidation sites excluding steroid dienone is 1. The van der Waals surface area contributed by atoms with Crippen molar-refractivity contribution in [1.82, 2.24) is 5.32 Å². The van der Waals surface area contributed by atoms with Crippen LogP contribution in [0.4, 0.5) is 10.1 Å². The van der Waals surface area contributed by atoms with E-state index in [0.717, 1.165) is 17.7 Å². The van der Waals surface area contributed by atoms with Gasteiger partial charge in [0.1, 0.15) is 11.6 Å². The lowest BCUT2D eigenvalue weighted by Crippen LogP contribution is -2.44. The van der Waals surface area contributed by atoms with Crippen molar-refractivity contribution in [1.29, 1.82) is 0 Å². The molecule has 0 unspecified atom stereocenters. The molecule has 0 radical (unpaired) electrons. The van der Waals surface area contributed by atoms with Gasteiger partial charge in [-0.2, -0.15) is 0 Å². The van der Waals surface area contributed by atoms with Crippen LogP contribution < -0.4 is 15.4 Å². The van der Waals surface area contributed by atoms with Crippen LogP contribution in [-0.4, -0.2) is 19.1 Å². The summed E-state index contributed by atoms with van der Waals surface area (Å²) in [6, 6.07) is 11.8. The van der Waals surface area contributed by atoms with Crippen LogP contribution in [0.5, 0.6) is 5.75 Å². The zero-order chi connectivity index (χ0) is 20.5. The number of ether oxygens (including phenoxy) is 1. The summed E-state index contributed by atoms with van der Waals surface area (Å²) in [5, 5.41) is 6.84. The van der Waals surface area contributed by atoms with Crippen LogP contribution in [0.2, 0.25) is 5.02 Å². The Balaban J connectivity index is 1.50. The smallest absolute Gasteiger partial charge is 0.226 e. The summed E-state index contributed by atoms with van der Waals surface area (Å²) in [6.45, 7) is 1.96. The van der Waals surface area contributed by atoms with Crippen molar-refractivity contribution < 1.29 is 13.9 Å². The van der Waals surface area contributed by atoms with Gasteiger partial charge in [0.05, 0.1) is 24.8 Å². The molecule has 4 rings (SSSR count).